The van der Waals surface area contributed by atoms with E-state index >= 15 is 0 Å². The molecule has 0 radical (unpaired) electrons. The highest BCUT2D eigenvalue weighted by Crippen LogP contribution is 2.30. The van der Waals surface area contributed by atoms with E-state index in [1.807, 2.05) is 17.5 Å². The van der Waals surface area contributed by atoms with Crippen molar-refractivity contribution in [2.24, 2.45) is 5.92 Å². The van der Waals surface area contributed by atoms with Gasteiger partial charge in [-0.25, -0.2) is 0 Å². The Morgan fingerprint density at radius 1 is 1.57 bits per heavy atom. The second-order valence-electron chi connectivity index (χ2n) is 5.62. The molecule has 5 nitrogen and oxygen atoms in total. The molecule has 3 heterocycles. The molecule has 2 unspecified atom stereocenters. The Kier molecular flexibility index (Phi) is 4.67. The smallest absolute Gasteiger partial charge is 0.244 e. The van der Waals surface area contributed by atoms with Crippen LogP contribution in [0.1, 0.15) is 38.1 Å². The standard InChI is InChI=1S/C15H21N3O2S/c1-11(18-7-6-12(10-18)4-2-8-19)15-16-14(17-20-15)13-5-3-9-21-13/h3,5,9,11-12,19H,2,4,6-8,10H2,1H3. The van der Waals surface area contributed by atoms with Gasteiger partial charge < -0.3 is 9.63 Å². The molecule has 0 bridgehead atoms. The van der Waals surface area contributed by atoms with E-state index < -0.39 is 0 Å². The van der Waals surface area contributed by atoms with Crippen molar-refractivity contribution >= 4 is 11.3 Å². The number of aliphatic hydroxyl groups excluding tert-OH is 1. The number of aliphatic hydroxyl groups is 1. The molecule has 0 amide bonds. The summed E-state index contributed by atoms with van der Waals surface area (Å²) in [6.45, 7) is 4.53. The van der Waals surface area contributed by atoms with Gasteiger partial charge in [-0.3, -0.25) is 4.90 Å². The van der Waals surface area contributed by atoms with E-state index in [0.29, 0.717) is 24.2 Å². The fraction of sp³-hybridized carbons (Fsp3) is 0.600. The summed E-state index contributed by atoms with van der Waals surface area (Å²) < 4.78 is 5.44. The quantitative estimate of drug-likeness (QED) is 0.889. The van der Waals surface area contributed by atoms with Crippen LogP contribution in [-0.2, 0) is 0 Å². The van der Waals surface area contributed by atoms with Gasteiger partial charge in [-0.2, -0.15) is 4.98 Å². The zero-order chi connectivity index (χ0) is 14.7. The van der Waals surface area contributed by atoms with Crippen LogP contribution >= 0.6 is 11.3 Å². The van der Waals surface area contributed by atoms with Gasteiger partial charge >= 0.3 is 0 Å². The average Bonchev–Trinajstić information content (AvgIpc) is 3.24. The van der Waals surface area contributed by atoms with Crippen molar-refractivity contribution < 1.29 is 9.63 Å². The molecular weight excluding hydrogens is 286 g/mol. The van der Waals surface area contributed by atoms with Crippen LogP contribution < -0.4 is 0 Å². The first-order valence-electron chi connectivity index (χ1n) is 7.50. The molecule has 1 aliphatic rings. The third-order valence-electron chi connectivity index (χ3n) is 4.18. The number of aromatic nitrogens is 2. The van der Waals surface area contributed by atoms with Gasteiger partial charge in [0, 0.05) is 13.2 Å². The molecule has 1 saturated heterocycles. The minimum atomic E-state index is 0.158. The maximum atomic E-state index is 8.93. The first-order chi connectivity index (χ1) is 10.3. The number of hydrogen-bond donors (Lipinski definition) is 1. The second kappa shape index (κ2) is 6.68. The van der Waals surface area contributed by atoms with E-state index in [-0.39, 0.29) is 6.04 Å². The Hall–Kier alpha value is -1.24. The first-order valence-corrected chi connectivity index (χ1v) is 8.38. The molecule has 0 saturated carbocycles. The lowest BCUT2D eigenvalue weighted by Gasteiger charge is -2.20. The summed E-state index contributed by atoms with van der Waals surface area (Å²) in [4.78, 5) is 7.97. The highest BCUT2D eigenvalue weighted by Gasteiger charge is 2.29. The maximum Gasteiger partial charge on any atom is 0.244 e. The van der Waals surface area contributed by atoms with Crippen molar-refractivity contribution in [3.05, 3.63) is 23.4 Å². The van der Waals surface area contributed by atoms with E-state index in [9.17, 15) is 0 Å². The first kappa shape index (κ1) is 14.7. The fourth-order valence-corrected chi connectivity index (χ4v) is 3.55. The van der Waals surface area contributed by atoms with E-state index in [0.717, 1.165) is 30.8 Å². The van der Waals surface area contributed by atoms with Gasteiger partial charge in [-0.15, -0.1) is 11.3 Å². The van der Waals surface area contributed by atoms with Gasteiger partial charge in [-0.05, 0) is 50.1 Å². The van der Waals surface area contributed by atoms with Crippen LogP contribution in [0.15, 0.2) is 22.0 Å². The van der Waals surface area contributed by atoms with Crippen molar-refractivity contribution in [2.75, 3.05) is 19.7 Å². The van der Waals surface area contributed by atoms with Crippen LogP contribution in [0.5, 0.6) is 0 Å². The third kappa shape index (κ3) is 3.33. The van der Waals surface area contributed by atoms with Crippen molar-refractivity contribution in [2.45, 2.75) is 32.2 Å². The molecule has 0 aliphatic carbocycles. The van der Waals surface area contributed by atoms with Crippen molar-refractivity contribution in [1.82, 2.24) is 15.0 Å². The Morgan fingerprint density at radius 3 is 3.24 bits per heavy atom. The van der Waals surface area contributed by atoms with Crippen LogP contribution in [0.2, 0.25) is 0 Å². The average molecular weight is 307 g/mol. The fourth-order valence-electron chi connectivity index (χ4n) is 2.90. The van der Waals surface area contributed by atoms with Gasteiger partial charge in [0.2, 0.25) is 11.7 Å². The predicted octanol–water partition coefficient (Wildman–Crippen LogP) is 2.95. The molecule has 1 fully saturated rings. The van der Waals surface area contributed by atoms with Crippen molar-refractivity contribution in [3.63, 3.8) is 0 Å². The van der Waals surface area contributed by atoms with Gasteiger partial charge in [0.25, 0.3) is 0 Å². The van der Waals surface area contributed by atoms with Crippen molar-refractivity contribution in [3.8, 4) is 10.7 Å². The zero-order valence-electron chi connectivity index (χ0n) is 12.2. The lowest BCUT2D eigenvalue weighted by atomic mass is 10.0. The summed E-state index contributed by atoms with van der Waals surface area (Å²) in [5.74, 6) is 2.06. The molecule has 3 rings (SSSR count). The monoisotopic (exact) mass is 307 g/mol. The van der Waals surface area contributed by atoms with Crippen LogP contribution in [0, 0.1) is 5.92 Å². The molecule has 114 valence electrons. The van der Waals surface area contributed by atoms with Gasteiger partial charge in [0.1, 0.15) is 0 Å². The van der Waals surface area contributed by atoms with Gasteiger partial charge in [-0.1, -0.05) is 11.2 Å². The molecule has 0 spiro atoms. The van der Waals surface area contributed by atoms with Crippen LogP contribution in [0.3, 0.4) is 0 Å². The Bertz CT molecular complexity index is 555. The predicted molar refractivity (Wildman–Crippen MR) is 82.0 cm³/mol. The topological polar surface area (TPSA) is 62.4 Å². The Labute approximate surface area is 128 Å². The SMILES string of the molecule is CC(c1nc(-c2cccs2)no1)N1CCC(CCCO)C1. The molecular formula is C15H21N3O2S. The summed E-state index contributed by atoms with van der Waals surface area (Å²) >= 11 is 1.62. The number of rotatable bonds is 6. The third-order valence-corrected chi connectivity index (χ3v) is 5.04. The summed E-state index contributed by atoms with van der Waals surface area (Å²) in [6.07, 6.45) is 3.19. The summed E-state index contributed by atoms with van der Waals surface area (Å²) in [5, 5.41) is 15.0. The lowest BCUT2D eigenvalue weighted by molar-refractivity contribution is 0.199. The van der Waals surface area contributed by atoms with Crippen LogP contribution in [-0.4, -0.2) is 39.8 Å². The van der Waals surface area contributed by atoms with E-state index in [2.05, 4.69) is 22.0 Å². The number of likely N-dealkylation sites (tertiary alicyclic amines) is 1. The van der Waals surface area contributed by atoms with E-state index in [1.165, 1.54) is 6.42 Å². The summed E-state index contributed by atoms with van der Waals surface area (Å²) in [5.41, 5.74) is 0. The molecule has 2 aromatic heterocycles. The minimum Gasteiger partial charge on any atom is -0.396 e. The maximum absolute atomic E-state index is 8.93. The second-order valence-corrected chi connectivity index (χ2v) is 6.57. The normalized spacial score (nSPS) is 21.0. The molecule has 2 aromatic rings. The molecule has 2 atom stereocenters. The molecule has 6 heteroatoms. The summed E-state index contributed by atoms with van der Waals surface area (Å²) in [6, 6.07) is 4.15. The lowest BCUT2D eigenvalue weighted by Crippen LogP contribution is -2.24. The molecule has 0 aromatic carbocycles. The highest BCUT2D eigenvalue weighted by atomic mass is 32.1. The van der Waals surface area contributed by atoms with Crippen LogP contribution in [0.25, 0.3) is 10.7 Å². The Morgan fingerprint density at radius 2 is 2.48 bits per heavy atom. The zero-order valence-corrected chi connectivity index (χ0v) is 13.1. The molecule has 1 N–H and O–H groups in total. The van der Waals surface area contributed by atoms with Crippen LogP contribution in [0.4, 0.5) is 0 Å². The highest BCUT2D eigenvalue weighted by molar-refractivity contribution is 7.13. The number of thiophene rings is 1. The molecule has 1 aliphatic heterocycles. The number of nitrogens with zero attached hydrogens (tertiary/aromatic N) is 3. The Balaban J connectivity index is 1.62. The van der Waals surface area contributed by atoms with E-state index in [1.54, 1.807) is 11.3 Å². The van der Waals surface area contributed by atoms with Gasteiger partial charge in [0.15, 0.2) is 0 Å². The summed E-state index contributed by atoms with van der Waals surface area (Å²) in [7, 11) is 0. The molecule has 21 heavy (non-hydrogen) atoms. The largest absolute Gasteiger partial charge is 0.396 e. The minimum absolute atomic E-state index is 0.158. The van der Waals surface area contributed by atoms with Crippen molar-refractivity contribution in [1.29, 1.82) is 0 Å². The number of hydrogen-bond acceptors (Lipinski definition) is 6. The van der Waals surface area contributed by atoms with Gasteiger partial charge in [0.05, 0.1) is 10.9 Å². The van der Waals surface area contributed by atoms with E-state index in [4.69, 9.17) is 9.63 Å².